The highest BCUT2D eigenvalue weighted by molar-refractivity contribution is 5.99. The number of fused-ring (bicyclic) bond motifs is 1. The molecule has 1 heterocycles. The number of anilines is 1. The molecule has 2 aromatic rings. The maximum absolute atomic E-state index is 11.0. The van der Waals surface area contributed by atoms with E-state index in [9.17, 15) is 4.79 Å². The van der Waals surface area contributed by atoms with Gasteiger partial charge in [-0.3, -0.25) is 0 Å². The number of nitrogens with one attached hydrogen (secondary N) is 2. The number of methoxy groups -OCH3 is 1. The summed E-state index contributed by atoms with van der Waals surface area (Å²) in [4.78, 5) is 13.8. The summed E-state index contributed by atoms with van der Waals surface area (Å²) in [5.74, 6) is -0.315. The van der Waals surface area contributed by atoms with Crippen LogP contribution in [-0.4, -0.2) is 43.4 Å². The molecule has 0 spiro atoms. The number of aromatic amines is 1. The summed E-state index contributed by atoms with van der Waals surface area (Å²) in [7, 11) is 3.38. The van der Waals surface area contributed by atoms with Crippen LogP contribution in [0.3, 0.4) is 0 Å². The summed E-state index contributed by atoms with van der Waals surface area (Å²) >= 11 is 0. The lowest BCUT2D eigenvalue weighted by atomic mass is 10.2. The molecule has 0 aliphatic heterocycles. The van der Waals surface area contributed by atoms with Gasteiger partial charge in [-0.1, -0.05) is 0 Å². The molecule has 0 bridgehead atoms. The molecule has 0 amide bonds. The van der Waals surface area contributed by atoms with Crippen LogP contribution in [0.4, 0.5) is 5.69 Å². The SMILES string of the molecule is CNc1cc(OCCOC)cc2cc(C(=O)O)[nH]c12. The highest BCUT2D eigenvalue weighted by Crippen LogP contribution is 2.29. The number of hydrogen-bond donors (Lipinski definition) is 3. The van der Waals surface area contributed by atoms with Crippen molar-refractivity contribution in [1.29, 1.82) is 0 Å². The summed E-state index contributed by atoms with van der Waals surface area (Å²) < 4.78 is 10.5. The van der Waals surface area contributed by atoms with Crippen molar-refractivity contribution in [2.24, 2.45) is 0 Å². The lowest BCUT2D eigenvalue weighted by Gasteiger charge is -2.09. The van der Waals surface area contributed by atoms with E-state index in [4.69, 9.17) is 14.6 Å². The molecule has 0 radical (unpaired) electrons. The second-order valence-electron chi connectivity index (χ2n) is 4.01. The van der Waals surface area contributed by atoms with Crippen molar-refractivity contribution in [2.45, 2.75) is 0 Å². The van der Waals surface area contributed by atoms with Gasteiger partial charge >= 0.3 is 5.97 Å². The number of carboxylic acid groups (broad SMARTS) is 1. The monoisotopic (exact) mass is 264 g/mol. The lowest BCUT2D eigenvalue weighted by molar-refractivity contribution is 0.0691. The Morgan fingerprint density at radius 1 is 1.37 bits per heavy atom. The van der Waals surface area contributed by atoms with Crippen molar-refractivity contribution in [2.75, 3.05) is 32.7 Å². The van der Waals surface area contributed by atoms with E-state index in [0.717, 1.165) is 16.6 Å². The van der Waals surface area contributed by atoms with Gasteiger partial charge < -0.3 is 24.9 Å². The molecule has 2 rings (SSSR count). The molecule has 6 heteroatoms. The first-order valence-electron chi connectivity index (χ1n) is 5.85. The number of ether oxygens (including phenoxy) is 2. The van der Waals surface area contributed by atoms with Crippen molar-refractivity contribution in [3.63, 3.8) is 0 Å². The molecule has 19 heavy (non-hydrogen) atoms. The van der Waals surface area contributed by atoms with Gasteiger partial charge in [0.05, 0.1) is 17.8 Å². The number of carboxylic acids is 1. The fraction of sp³-hybridized carbons (Fsp3) is 0.308. The first-order valence-corrected chi connectivity index (χ1v) is 5.85. The van der Waals surface area contributed by atoms with Gasteiger partial charge in [0, 0.05) is 25.6 Å². The van der Waals surface area contributed by atoms with Crippen LogP contribution in [0.1, 0.15) is 10.5 Å². The number of benzene rings is 1. The Morgan fingerprint density at radius 3 is 2.79 bits per heavy atom. The minimum Gasteiger partial charge on any atom is -0.491 e. The third-order valence-corrected chi connectivity index (χ3v) is 2.76. The van der Waals surface area contributed by atoms with Crippen molar-refractivity contribution < 1.29 is 19.4 Å². The average molecular weight is 264 g/mol. The van der Waals surface area contributed by atoms with Crippen molar-refractivity contribution >= 4 is 22.6 Å². The zero-order valence-corrected chi connectivity index (χ0v) is 10.8. The Balaban J connectivity index is 2.37. The fourth-order valence-corrected chi connectivity index (χ4v) is 1.86. The smallest absolute Gasteiger partial charge is 0.352 e. The standard InChI is InChI=1S/C13H16N2O4/c1-14-10-7-9(19-4-3-18-2)5-8-6-11(13(16)17)15-12(8)10/h5-7,14-15H,3-4H2,1-2H3,(H,16,17). The third kappa shape index (κ3) is 2.79. The lowest BCUT2D eigenvalue weighted by Crippen LogP contribution is -2.04. The summed E-state index contributed by atoms with van der Waals surface area (Å²) in [5, 5.41) is 12.8. The van der Waals surface area contributed by atoms with Gasteiger partial charge in [-0.2, -0.15) is 0 Å². The molecule has 0 saturated heterocycles. The molecule has 0 fully saturated rings. The van der Waals surface area contributed by atoms with Gasteiger partial charge in [0.2, 0.25) is 0 Å². The molecule has 0 unspecified atom stereocenters. The first-order chi connectivity index (χ1) is 9.15. The average Bonchev–Trinajstić information content (AvgIpc) is 2.82. The Morgan fingerprint density at radius 2 is 2.16 bits per heavy atom. The molecule has 102 valence electrons. The number of carbonyl (C=O) groups is 1. The molecule has 0 atom stereocenters. The number of hydrogen-bond acceptors (Lipinski definition) is 4. The van der Waals surface area contributed by atoms with Gasteiger partial charge in [0.15, 0.2) is 0 Å². The Kier molecular flexibility index (Phi) is 3.91. The molecule has 0 aliphatic rings. The van der Waals surface area contributed by atoms with Crippen molar-refractivity contribution in [1.82, 2.24) is 4.98 Å². The van der Waals surface area contributed by atoms with Crippen LogP contribution in [0.2, 0.25) is 0 Å². The number of rotatable bonds is 6. The maximum Gasteiger partial charge on any atom is 0.352 e. The second kappa shape index (κ2) is 5.62. The Labute approximate surface area is 110 Å². The molecule has 1 aromatic carbocycles. The van der Waals surface area contributed by atoms with E-state index in [1.807, 2.05) is 6.07 Å². The van der Waals surface area contributed by atoms with E-state index in [-0.39, 0.29) is 5.69 Å². The highest BCUT2D eigenvalue weighted by Gasteiger charge is 2.11. The van der Waals surface area contributed by atoms with Gasteiger partial charge in [0.25, 0.3) is 0 Å². The van der Waals surface area contributed by atoms with E-state index in [1.165, 1.54) is 0 Å². The summed E-state index contributed by atoms with van der Waals surface area (Å²) in [6.07, 6.45) is 0. The fourth-order valence-electron chi connectivity index (χ4n) is 1.86. The first kappa shape index (κ1) is 13.2. The Bertz CT molecular complexity index is 592. The Hall–Kier alpha value is -2.21. The minimum absolute atomic E-state index is 0.153. The highest BCUT2D eigenvalue weighted by atomic mass is 16.5. The molecule has 0 saturated carbocycles. The molecule has 3 N–H and O–H groups in total. The van der Waals surface area contributed by atoms with E-state index in [0.29, 0.717) is 19.0 Å². The number of aromatic nitrogens is 1. The maximum atomic E-state index is 11.0. The number of aromatic carboxylic acids is 1. The second-order valence-corrected chi connectivity index (χ2v) is 4.01. The zero-order valence-electron chi connectivity index (χ0n) is 10.8. The van der Waals surface area contributed by atoms with E-state index in [1.54, 1.807) is 26.3 Å². The quantitative estimate of drug-likeness (QED) is 0.694. The van der Waals surface area contributed by atoms with Crippen LogP contribution >= 0.6 is 0 Å². The predicted octanol–water partition coefficient (Wildman–Crippen LogP) is 1.93. The van der Waals surface area contributed by atoms with Crippen LogP contribution < -0.4 is 10.1 Å². The molecule has 0 aliphatic carbocycles. The molecular formula is C13H16N2O4. The zero-order chi connectivity index (χ0) is 13.8. The van der Waals surface area contributed by atoms with Gasteiger partial charge in [0.1, 0.15) is 18.1 Å². The summed E-state index contributed by atoms with van der Waals surface area (Å²) in [5.41, 5.74) is 1.69. The van der Waals surface area contributed by atoms with E-state index >= 15 is 0 Å². The predicted molar refractivity (Wildman–Crippen MR) is 72.2 cm³/mol. The normalized spacial score (nSPS) is 10.6. The van der Waals surface area contributed by atoms with Crippen molar-refractivity contribution in [3.05, 3.63) is 23.9 Å². The minimum atomic E-state index is -0.986. The van der Waals surface area contributed by atoms with Crippen LogP contribution in [0.25, 0.3) is 10.9 Å². The number of H-pyrrole nitrogens is 1. The van der Waals surface area contributed by atoms with Crippen LogP contribution in [-0.2, 0) is 4.74 Å². The van der Waals surface area contributed by atoms with Gasteiger partial charge in [-0.15, -0.1) is 0 Å². The van der Waals surface area contributed by atoms with E-state index < -0.39 is 5.97 Å². The third-order valence-electron chi connectivity index (χ3n) is 2.76. The van der Waals surface area contributed by atoms with Gasteiger partial charge in [-0.05, 0) is 12.1 Å². The van der Waals surface area contributed by atoms with Crippen LogP contribution in [0, 0.1) is 0 Å². The van der Waals surface area contributed by atoms with E-state index in [2.05, 4.69) is 10.3 Å². The largest absolute Gasteiger partial charge is 0.491 e. The van der Waals surface area contributed by atoms with Crippen molar-refractivity contribution in [3.8, 4) is 5.75 Å². The van der Waals surface area contributed by atoms with Gasteiger partial charge in [-0.25, -0.2) is 4.79 Å². The molecular weight excluding hydrogens is 248 g/mol. The molecule has 6 nitrogen and oxygen atoms in total. The van der Waals surface area contributed by atoms with Crippen LogP contribution in [0.5, 0.6) is 5.75 Å². The molecule has 1 aromatic heterocycles. The summed E-state index contributed by atoms with van der Waals surface area (Å²) in [6.45, 7) is 0.946. The van der Waals surface area contributed by atoms with Crippen LogP contribution in [0.15, 0.2) is 18.2 Å². The topological polar surface area (TPSA) is 83.6 Å². The summed E-state index contributed by atoms with van der Waals surface area (Å²) in [6, 6.07) is 5.20.